The first kappa shape index (κ1) is 19.3. The predicted octanol–water partition coefficient (Wildman–Crippen LogP) is 2.19. The van der Waals surface area contributed by atoms with E-state index in [-0.39, 0.29) is 17.2 Å². The molecule has 2 aromatic rings. The van der Waals surface area contributed by atoms with Crippen LogP contribution in [0, 0.1) is 0 Å². The second-order valence-corrected chi connectivity index (χ2v) is 7.18. The van der Waals surface area contributed by atoms with E-state index in [0.717, 1.165) is 6.54 Å². The monoisotopic (exact) mass is 401 g/mol. The van der Waals surface area contributed by atoms with Gasteiger partial charge in [-0.1, -0.05) is 34.7 Å². The van der Waals surface area contributed by atoms with Crippen molar-refractivity contribution in [2.45, 2.75) is 11.3 Å². The van der Waals surface area contributed by atoms with Gasteiger partial charge < -0.3 is 10.1 Å². The average Bonchev–Trinajstić information content (AvgIpc) is 3.05. The fourth-order valence-corrected chi connectivity index (χ4v) is 3.50. The van der Waals surface area contributed by atoms with Gasteiger partial charge in [0.15, 0.2) is 4.34 Å². The topological polar surface area (TPSA) is 105 Å². The lowest BCUT2D eigenvalue weighted by atomic mass is 10.2. The van der Waals surface area contributed by atoms with Gasteiger partial charge in [0, 0.05) is 11.6 Å². The summed E-state index contributed by atoms with van der Waals surface area (Å²) in [6.07, 6.45) is 0. The maximum absolute atomic E-state index is 12.1. The van der Waals surface area contributed by atoms with Crippen molar-refractivity contribution in [2.24, 2.45) is 0 Å². The Labute approximate surface area is 157 Å². The molecule has 25 heavy (non-hydrogen) atoms. The minimum atomic E-state index is -0.525. The summed E-state index contributed by atoms with van der Waals surface area (Å²) in [5.74, 6) is -0.453. The maximum Gasteiger partial charge on any atom is 0.273 e. The Bertz CT molecular complexity index is 756. The number of carbonyl (C=O) groups excluding carboxylic acids is 2. The third-order valence-corrected chi connectivity index (χ3v) is 5.03. The van der Waals surface area contributed by atoms with E-state index in [4.69, 9.17) is 16.3 Å². The van der Waals surface area contributed by atoms with E-state index in [1.807, 2.05) is 6.92 Å². The standard InChI is InChI=1S/C14H16ClN5O3S2/c1-3-16-13-19-20-14(25-13)24-7-11(21)17-18-12(22)9-6-8(15)4-5-10(9)23-2/h4-6H,3,7H2,1-2H3,(H,16,19)(H,17,21)(H,18,22). The van der Waals surface area contributed by atoms with Gasteiger partial charge in [-0.05, 0) is 25.1 Å². The number of amides is 2. The number of benzene rings is 1. The van der Waals surface area contributed by atoms with E-state index in [0.29, 0.717) is 20.2 Å². The van der Waals surface area contributed by atoms with E-state index < -0.39 is 5.91 Å². The minimum absolute atomic E-state index is 0.0910. The number of anilines is 1. The molecule has 0 bridgehead atoms. The van der Waals surface area contributed by atoms with Crippen molar-refractivity contribution in [1.29, 1.82) is 0 Å². The van der Waals surface area contributed by atoms with Crippen LogP contribution in [0.3, 0.4) is 0 Å². The lowest BCUT2D eigenvalue weighted by Gasteiger charge is -2.10. The largest absolute Gasteiger partial charge is 0.496 e. The van der Waals surface area contributed by atoms with Crippen LogP contribution in [-0.4, -0.2) is 41.4 Å². The molecule has 2 amide bonds. The summed E-state index contributed by atoms with van der Waals surface area (Å²) < 4.78 is 5.76. The third-order valence-electron chi connectivity index (χ3n) is 2.78. The Kier molecular flexibility index (Phi) is 7.29. The maximum atomic E-state index is 12.1. The Morgan fingerprint density at radius 1 is 1.32 bits per heavy atom. The number of nitrogens with zero attached hydrogens (tertiary/aromatic N) is 2. The van der Waals surface area contributed by atoms with Gasteiger partial charge in [0.05, 0.1) is 18.4 Å². The molecular weight excluding hydrogens is 386 g/mol. The zero-order chi connectivity index (χ0) is 18.2. The number of hydrogen-bond acceptors (Lipinski definition) is 8. The van der Waals surface area contributed by atoms with Crippen LogP contribution >= 0.6 is 34.7 Å². The Morgan fingerprint density at radius 3 is 2.84 bits per heavy atom. The van der Waals surface area contributed by atoms with Crippen LogP contribution in [-0.2, 0) is 4.79 Å². The van der Waals surface area contributed by atoms with Gasteiger partial charge in [0.1, 0.15) is 5.75 Å². The fourth-order valence-electron chi connectivity index (χ4n) is 1.71. The molecule has 0 aliphatic rings. The van der Waals surface area contributed by atoms with Crippen molar-refractivity contribution in [3.63, 3.8) is 0 Å². The number of hydrazine groups is 1. The second kappa shape index (κ2) is 9.44. The Morgan fingerprint density at radius 2 is 2.12 bits per heavy atom. The van der Waals surface area contributed by atoms with Crippen molar-refractivity contribution >= 4 is 51.6 Å². The lowest BCUT2D eigenvalue weighted by molar-refractivity contribution is -0.119. The molecule has 1 heterocycles. The quantitative estimate of drug-likeness (QED) is 0.482. The average molecular weight is 402 g/mol. The van der Waals surface area contributed by atoms with Crippen LogP contribution in [0.25, 0.3) is 0 Å². The van der Waals surface area contributed by atoms with Gasteiger partial charge in [-0.2, -0.15) is 0 Å². The van der Waals surface area contributed by atoms with Gasteiger partial charge in [-0.25, -0.2) is 0 Å². The molecular formula is C14H16ClN5O3S2. The summed E-state index contributed by atoms with van der Waals surface area (Å²) in [5, 5.41) is 12.0. The number of ether oxygens (including phenoxy) is 1. The zero-order valence-electron chi connectivity index (χ0n) is 13.5. The van der Waals surface area contributed by atoms with Gasteiger partial charge in [0.2, 0.25) is 11.0 Å². The smallest absolute Gasteiger partial charge is 0.273 e. The van der Waals surface area contributed by atoms with Crippen LogP contribution in [0.2, 0.25) is 5.02 Å². The van der Waals surface area contributed by atoms with Crippen LogP contribution in [0.4, 0.5) is 5.13 Å². The highest BCUT2D eigenvalue weighted by molar-refractivity contribution is 8.01. The van der Waals surface area contributed by atoms with Gasteiger partial charge in [0.25, 0.3) is 5.91 Å². The first-order valence-electron chi connectivity index (χ1n) is 7.16. The molecule has 11 heteroatoms. The van der Waals surface area contributed by atoms with Crippen molar-refractivity contribution in [2.75, 3.05) is 24.7 Å². The number of carbonyl (C=O) groups is 2. The molecule has 0 fully saturated rings. The molecule has 3 N–H and O–H groups in total. The Hall–Kier alpha value is -2.04. The summed E-state index contributed by atoms with van der Waals surface area (Å²) in [6.45, 7) is 2.71. The molecule has 0 spiro atoms. The molecule has 0 aliphatic carbocycles. The highest BCUT2D eigenvalue weighted by Crippen LogP contribution is 2.25. The van der Waals surface area contributed by atoms with Gasteiger partial charge >= 0.3 is 0 Å². The van der Waals surface area contributed by atoms with E-state index in [2.05, 4.69) is 26.4 Å². The number of nitrogens with one attached hydrogen (secondary N) is 3. The van der Waals surface area contributed by atoms with Crippen LogP contribution < -0.4 is 20.9 Å². The highest BCUT2D eigenvalue weighted by Gasteiger charge is 2.14. The lowest BCUT2D eigenvalue weighted by Crippen LogP contribution is -2.42. The highest BCUT2D eigenvalue weighted by atomic mass is 35.5. The number of aromatic nitrogens is 2. The van der Waals surface area contributed by atoms with Gasteiger partial charge in [-0.15, -0.1) is 10.2 Å². The fraction of sp³-hybridized carbons (Fsp3) is 0.286. The molecule has 2 rings (SSSR count). The van der Waals surface area contributed by atoms with Crippen LogP contribution in [0.5, 0.6) is 5.75 Å². The minimum Gasteiger partial charge on any atom is -0.496 e. The molecule has 8 nitrogen and oxygen atoms in total. The molecule has 0 atom stereocenters. The van der Waals surface area contributed by atoms with Crippen LogP contribution in [0.1, 0.15) is 17.3 Å². The zero-order valence-corrected chi connectivity index (χ0v) is 15.8. The normalized spacial score (nSPS) is 10.2. The van der Waals surface area contributed by atoms with Crippen LogP contribution in [0.15, 0.2) is 22.5 Å². The summed E-state index contributed by atoms with van der Waals surface area (Å²) >= 11 is 8.47. The summed E-state index contributed by atoms with van der Waals surface area (Å²) in [5.41, 5.74) is 4.89. The first-order chi connectivity index (χ1) is 12.0. The predicted molar refractivity (Wildman–Crippen MR) is 98.4 cm³/mol. The van der Waals surface area contributed by atoms with E-state index >= 15 is 0 Å². The number of thioether (sulfide) groups is 1. The number of methoxy groups -OCH3 is 1. The molecule has 1 aromatic carbocycles. The molecule has 0 unspecified atom stereocenters. The van der Waals surface area contributed by atoms with Crippen molar-refractivity contribution < 1.29 is 14.3 Å². The van der Waals surface area contributed by atoms with Crippen molar-refractivity contribution in [1.82, 2.24) is 21.0 Å². The summed E-state index contributed by atoms with van der Waals surface area (Å²) in [7, 11) is 1.44. The molecule has 0 saturated heterocycles. The molecule has 0 aliphatic heterocycles. The van der Waals surface area contributed by atoms with E-state index in [1.54, 1.807) is 12.1 Å². The van der Waals surface area contributed by atoms with E-state index in [9.17, 15) is 9.59 Å². The molecule has 1 aromatic heterocycles. The molecule has 134 valence electrons. The van der Waals surface area contributed by atoms with Crippen molar-refractivity contribution in [3.8, 4) is 5.75 Å². The molecule has 0 saturated carbocycles. The number of halogens is 1. The molecule has 0 radical (unpaired) electrons. The summed E-state index contributed by atoms with van der Waals surface area (Å²) in [4.78, 5) is 24.0. The van der Waals surface area contributed by atoms with Gasteiger partial charge in [-0.3, -0.25) is 20.4 Å². The SMILES string of the molecule is CCNc1nnc(SCC(=O)NNC(=O)c2cc(Cl)ccc2OC)s1. The van der Waals surface area contributed by atoms with E-state index in [1.165, 1.54) is 36.3 Å². The van der Waals surface area contributed by atoms with Crippen molar-refractivity contribution in [3.05, 3.63) is 28.8 Å². The number of rotatable bonds is 7. The summed E-state index contributed by atoms with van der Waals surface area (Å²) in [6, 6.07) is 4.64. The second-order valence-electron chi connectivity index (χ2n) is 4.54. The number of hydrogen-bond donors (Lipinski definition) is 3. The third kappa shape index (κ3) is 5.76. The Balaban J connectivity index is 1.83. The first-order valence-corrected chi connectivity index (χ1v) is 9.34.